The van der Waals surface area contributed by atoms with Crippen molar-refractivity contribution in [1.29, 1.82) is 0 Å². The molecule has 2 heteroatoms. The van der Waals surface area contributed by atoms with Crippen LogP contribution in [0.5, 0.6) is 0 Å². The van der Waals surface area contributed by atoms with Crippen molar-refractivity contribution in [2.75, 3.05) is 0 Å². The normalized spacial score (nSPS) is 10.7. The first-order valence-corrected chi connectivity index (χ1v) is 4.38. The second-order valence-corrected chi connectivity index (χ2v) is 3.38. The number of rotatable bonds is 0. The van der Waals surface area contributed by atoms with Crippen molar-refractivity contribution in [3.8, 4) is 0 Å². The Morgan fingerprint density at radius 2 is 1.77 bits per heavy atom. The third-order valence-corrected chi connectivity index (χ3v) is 2.15. The van der Waals surface area contributed by atoms with Gasteiger partial charge in [-0.25, -0.2) is 9.97 Å². The molecule has 0 atom stereocenters. The molecule has 13 heavy (non-hydrogen) atoms. The van der Waals surface area contributed by atoms with E-state index in [0.717, 1.165) is 22.4 Å². The fourth-order valence-electron chi connectivity index (χ4n) is 1.54. The van der Waals surface area contributed by atoms with Crippen LogP contribution in [-0.4, -0.2) is 9.97 Å². The van der Waals surface area contributed by atoms with Crippen LogP contribution in [0.2, 0.25) is 0 Å². The Bertz CT molecular complexity index is 461. The lowest BCUT2D eigenvalue weighted by molar-refractivity contribution is 1.05. The molecule has 0 aliphatic rings. The minimum absolute atomic E-state index is 0.842. The molecule has 0 bridgehead atoms. The highest BCUT2D eigenvalue weighted by Gasteiger charge is 2.00. The first-order valence-electron chi connectivity index (χ1n) is 4.38. The molecule has 1 aromatic heterocycles. The predicted octanol–water partition coefficient (Wildman–Crippen LogP) is 2.56. The molecule has 1 aromatic carbocycles. The summed E-state index contributed by atoms with van der Waals surface area (Å²) in [5.74, 6) is 0.842. The minimum Gasteiger partial charge on any atom is -0.238 e. The van der Waals surface area contributed by atoms with Crippen LogP contribution >= 0.6 is 0 Å². The zero-order valence-electron chi connectivity index (χ0n) is 8.13. The van der Waals surface area contributed by atoms with Gasteiger partial charge >= 0.3 is 0 Å². The number of aryl methyl sites for hydroxylation is 3. The van der Waals surface area contributed by atoms with Crippen LogP contribution in [0.15, 0.2) is 18.2 Å². The van der Waals surface area contributed by atoms with Gasteiger partial charge in [-0.3, -0.25) is 0 Å². The number of aromatic nitrogens is 2. The van der Waals surface area contributed by atoms with Crippen molar-refractivity contribution in [3.05, 3.63) is 35.3 Å². The van der Waals surface area contributed by atoms with Crippen LogP contribution in [0.3, 0.4) is 0 Å². The average Bonchev–Trinajstić information content (AvgIpc) is 2.06. The molecule has 0 fully saturated rings. The van der Waals surface area contributed by atoms with E-state index in [2.05, 4.69) is 29.0 Å². The van der Waals surface area contributed by atoms with Gasteiger partial charge in [0.25, 0.3) is 0 Å². The summed E-state index contributed by atoms with van der Waals surface area (Å²) in [7, 11) is 0. The van der Waals surface area contributed by atoms with Gasteiger partial charge in [0.2, 0.25) is 0 Å². The van der Waals surface area contributed by atoms with Crippen LogP contribution in [-0.2, 0) is 0 Å². The summed E-state index contributed by atoms with van der Waals surface area (Å²) in [5.41, 5.74) is 3.35. The Hall–Kier alpha value is -1.44. The molecule has 1 heterocycles. The minimum atomic E-state index is 0.842. The molecule has 66 valence electrons. The molecule has 0 spiro atoms. The highest BCUT2D eigenvalue weighted by molar-refractivity contribution is 5.81. The number of nitrogens with zero attached hydrogens (tertiary/aromatic N) is 2. The van der Waals surface area contributed by atoms with E-state index >= 15 is 0 Å². The third-order valence-electron chi connectivity index (χ3n) is 2.15. The van der Waals surface area contributed by atoms with Gasteiger partial charge in [0.05, 0.1) is 5.52 Å². The fraction of sp³-hybridized carbons (Fsp3) is 0.273. The Balaban J connectivity index is 2.87. The van der Waals surface area contributed by atoms with E-state index < -0.39 is 0 Å². The van der Waals surface area contributed by atoms with Gasteiger partial charge in [-0.2, -0.15) is 0 Å². The second-order valence-electron chi connectivity index (χ2n) is 3.38. The summed E-state index contributed by atoms with van der Waals surface area (Å²) < 4.78 is 0. The van der Waals surface area contributed by atoms with E-state index in [0.29, 0.717) is 0 Å². The summed E-state index contributed by atoms with van der Waals surface area (Å²) in [6.45, 7) is 6.03. The van der Waals surface area contributed by atoms with Crippen molar-refractivity contribution in [3.63, 3.8) is 0 Å². The Labute approximate surface area is 77.6 Å². The fourth-order valence-corrected chi connectivity index (χ4v) is 1.54. The van der Waals surface area contributed by atoms with Crippen LogP contribution in [0, 0.1) is 20.8 Å². The Morgan fingerprint density at radius 1 is 1.00 bits per heavy atom. The highest BCUT2D eigenvalue weighted by Crippen LogP contribution is 2.16. The first-order chi connectivity index (χ1) is 6.16. The van der Waals surface area contributed by atoms with Gasteiger partial charge in [-0.1, -0.05) is 11.6 Å². The maximum absolute atomic E-state index is 4.37. The van der Waals surface area contributed by atoms with Crippen molar-refractivity contribution in [2.24, 2.45) is 0 Å². The summed E-state index contributed by atoms with van der Waals surface area (Å²) in [6.07, 6.45) is 0. The lowest BCUT2D eigenvalue weighted by Gasteiger charge is -2.02. The Morgan fingerprint density at radius 3 is 2.54 bits per heavy atom. The molecule has 0 saturated carbocycles. The number of fused-ring (bicyclic) bond motifs is 1. The standard InChI is InChI=1S/C11H12N2/c1-7-4-5-11-10(6-7)8(2)12-9(3)13-11/h4-6H,1-3H3. The van der Waals surface area contributed by atoms with Gasteiger partial charge < -0.3 is 0 Å². The van der Waals surface area contributed by atoms with Gasteiger partial charge in [-0.05, 0) is 32.9 Å². The molecule has 2 nitrogen and oxygen atoms in total. The molecular weight excluding hydrogens is 160 g/mol. The van der Waals surface area contributed by atoms with Gasteiger partial charge in [0, 0.05) is 11.1 Å². The van der Waals surface area contributed by atoms with E-state index in [-0.39, 0.29) is 0 Å². The largest absolute Gasteiger partial charge is 0.238 e. The molecule has 0 radical (unpaired) electrons. The SMILES string of the molecule is Cc1ccc2nc(C)nc(C)c2c1. The zero-order valence-corrected chi connectivity index (χ0v) is 8.13. The number of benzene rings is 1. The molecule has 0 saturated heterocycles. The van der Waals surface area contributed by atoms with E-state index in [4.69, 9.17) is 0 Å². The smallest absolute Gasteiger partial charge is 0.126 e. The molecule has 0 amide bonds. The summed E-state index contributed by atoms with van der Waals surface area (Å²) in [6, 6.07) is 6.25. The van der Waals surface area contributed by atoms with Crippen molar-refractivity contribution in [2.45, 2.75) is 20.8 Å². The van der Waals surface area contributed by atoms with Gasteiger partial charge in [-0.15, -0.1) is 0 Å². The predicted molar refractivity (Wildman–Crippen MR) is 53.7 cm³/mol. The summed E-state index contributed by atoms with van der Waals surface area (Å²) in [4.78, 5) is 8.70. The van der Waals surface area contributed by atoms with Crippen molar-refractivity contribution >= 4 is 10.9 Å². The van der Waals surface area contributed by atoms with Gasteiger partial charge in [0.1, 0.15) is 5.82 Å². The maximum atomic E-state index is 4.37. The van der Waals surface area contributed by atoms with E-state index in [9.17, 15) is 0 Å². The average molecular weight is 172 g/mol. The number of hydrogen-bond donors (Lipinski definition) is 0. The van der Waals surface area contributed by atoms with Crippen LogP contribution in [0.25, 0.3) is 10.9 Å². The molecule has 0 aliphatic heterocycles. The maximum Gasteiger partial charge on any atom is 0.126 e. The van der Waals surface area contributed by atoms with Crippen molar-refractivity contribution in [1.82, 2.24) is 9.97 Å². The lowest BCUT2D eigenvalue weighted by atomic mass is 10.1. The molecule has 0 unspecified atom stereocenters. The molecule has 0 aliphatic carbocycles. The van der Waals surface area contributed by atoms with E-state index in [1.165, 1.54) is 5.56 Å². The third kappa shape index (κ3) is 1.39. The molecule has 2 rings (SSSR count). The van der Waals surface area contributed by atoms with E-state index in [1.807, 2.05) is 19.9 Å². The quantitative estimate of drug-likeness (QED) is 0.610. The second kappa shape index (κ2) is 2.80. The first kappa shape index (κ1) is 8.17. The monoisotopic (exact) mass is 172 g/mol. The van der Waals surface area contributed by atoms with Gasteiger partial charge in [0.15, 0.2) is 0 Å². The zero-order chi connectivity index (χ0) is 9.42. The molecule has 2 aromatic rings. The molecular formula is C11H12N2. The van der Waals surface area contributed by atoms with Crippen molar-refractivity contribution < 1.29 is 0 Å². The Kier molecular flexibility index (Phi) is 1.76. The number of hydrogen-bond acceptors (Lipinski definition) is 2. The summed E-state index contributed by atoms with van der Waals surface area (Å²) >= 11 is 0. The van der Waals surface area contributed by atoms with Crippen LogP contribution in [0.4, 0.5) is 0 Å². The lowest BCUT2D eigenvalue weighted by Crippen LogP contribution is -1.93. The van der Waals surface area contributed by atoms with Crippen LogP contribution < -0.4 is 0 Å². The van der Waals surface area contributed by atoms with Crippen LogP contribution in [0.1, 0.15) is 17.1 Å². The molecule has 0 N–H and O–H groups in total. The highest BCUT2D eigenvalue weighted by atomic mass is 14.9. The topological polar surface area (TPSA) is 25.8 Å². The summed E-state index contributed by atoms with van der Waals surface area (Å²) in [5, 5.41) is 1.16. The van der Waals surface area contributed by atoms with E-state index in [1.54, 1.807) is 0 Å².